The van der Waals surface area contributed by atoms with Crippen LogP contribution < -0.4 is 0 Å². The first-order valence-corrected chi connectivity index (χ1v) is 6.46. The Morgan fingerprint density at radius 2 is 2.05 bits per heavy atom. The lowest BCUT2D eigenvalue weighted by atomic mass is 10.00. The highest BCUT2D eigenvalue weighted by atomic mass is 16.5. The van der Waals surface area contributed by atoms with Crippen LogP contribution in [0.15, 0.2) is 22.7 Å². The van der Waals surface area contributed by atoms with E-state index in [0.29, 0.717) is 11.8 Å². The molecule has 1 fully saturated rings. The van der Waals surface area contributed by atoms with Gasteiger partial charge in [0.25, 0.3) is 5.89 Å². The molecule has 5 nitrogen and oxygen atoms in total. The summed E-state index contributed by atoms with van der Waals surface area (Å²) in [5.41, 5.74) is 1.54. The summed E-state index contributed by atoms with van der Waals surface area (Å²) in [5.74, 6) is 1.75. The molecule has 0 radical (unpaired) electrons. The molecule has 1 aliphatic heterocycles. The first-order valence-electron chi connectivity index (χ1n) is 6.46. The van der Waals surface area contributed by atoms with E-state index in [2.05, 4.69) is 10.1 Å². The van der Waals surface area contributed by atoms with E-state index in [9.17, 15) is 5.11 Å². The van der Waals surface area contributed by atoms with E-state index in [0.717, 1.165) is 43.0 Å². The second-order valence-corrected chi connectivity index (χ2v) is 4.79. The van der Waals surface area contributed by atoms with E-state index >= 15 is 0 Å². The molecule has 0 aliphatic carbocycles. The van der Waals surface area contributed by atoms with Gasteiger partial charge in [-0.3, -0.25) is 0 Å². The van der Waals surface area contributed by atoms with Crippen molar-refractivity contribution in [3.05, 3.63) is 29.6 Å². The van der Waals surface area contributed by atoms with Crippen LogP contribution in [-0.4, -0.2) is 28.5 Å². The molecule has 0 saturated carbocycles. The van der Waals surface area contributed by atoms with Gasteiger partial charge in [-0.05, 0) is 31.9 Å². The van der Waals surface area contributed by atoms with Crippen molar-refractivity contribution in [3.63, 3.8) is 0 Å². The van der Waals surface area contributed by atoms with E-state index in [1.807, 2.05) is 13.0 Å². The van der Waals surface area contributed by atoms with E-state index < -0.39 is 0 Å². The first kappa shape index (κ1) is 12.2. The second-order valence-electron chi connectivity index (χ2n) is 4.79. The van der Waals surface area contributed by atoms with Gasteiger partial charge in [0.2, 0.25) is 0 Å². The van der Waals surface area contributed by atoms with E-state index in [1.54, 1.807) is 12.1 Å². The Kier molecular flexibility index (Phi) is 3.21. The molecule has 1 aromatic carbocycles. The van der Waals surface area contributed by atoms with Crippen LogP contribution in [0.1, 0.15) is 30.1 Å². The molecule has 1 N–H and O–H groups in total. The van der Waals surface area contributed by atoms with Crippen LogP contribution >= 0.6 is 0 Å². The number of nitrogens with zero attached hydrogens (tertiary/aromatic N) is 2. The summed E-state index contributed by atoms with van der Waals surface area (Å²) in [6, 6.07) is 5.29. The van der Waals surface area contributed by atoms with E-state index in [4.69, 9.17) is 9.26 Å². The van der Waals surface area contributed by atoms with E-state index in [-0.39, 0.29) is 5.75 Å². The van der Waals surface area contributed by atoms with Crippen molar-refractivity contribution >= 4 is 0 Å². The molecule has 0 bridgehead atoms. The molecule has 1 saturated heterocycles. The number of hydrogen-bond donors (Lipinski definition) is 1. The third-order valence-corrected chi connectivity index (χ3v) is 3.56. The van der Waals surface area contributed by atoms with Crippen LogP contribution in [0.3, 0.4) is 0 Å². The molecular formula is C14H16N2O3. The molecular weight excluding hydrogens is 244 g/mol. The van der Waals surface area contributed by atoms with Crippen molar-refractivity contribution in [2.24, 2.45) is 0 Å². The van der Waals surface area contributed by atoms with Crippen molar-refractivity contribution in [3.8, 4) is 17.2 Å². The predicted octanol–water partition coefficient (Wildman–Crippen LogP) is 2.64. The maximum atomic E-state index is 9.71. The summed E-state index contributed by atoms with van der Waals surface area (Å²) >= 11 is 0. The van der Waals surface area contributed by atoms with Crippen LogP contribution in [0, 0.1) is 6.92 Å². The summed E-state index contributed by atoms with van der Waals surface area (Å²) < 4.78 is 10.7. The lowest BCUT2D eigenvalue weighted by Gasteiger charge is -2.18. The zero-order valence-electron chi connectivity index (χ0n) is 10.8. The molecule has 100 valence electrons. The molecule has 0 atom stereocenters. The first-order chi connectivity index (χ1) is 9.25. The van der Waals surface area contributed by atoms with Gasteiger partial charge in [0.1, 0.15) is 5.75 Å². The van der Waals surface area contributed by atoms with Gasteiger partial charge < -0.3 is 14.4 Å². The van der Waals surface area contributed by atoms with Gasteiger partial charge in [0.05, 0.1) is 0 Å². The van der Waals surface area contributed by atoms with Crippen molar-refractivity contribution in [1.29, 1.82) is 0 Å². The van der Waals surface area contributed by atoms with Gasteiger partial charge in [0.15, 0.2) is 5.82 Å². The summed E-state index contributed by atoms with van der Waals surface area (Å²) in [7, 11) is 0. The quantitative estimate of drug-likeness (QED) is 0.899. The van der Waals surface area contributed by atoms with E-state index in [1.165, 1.54) is 0 Å². The van der Waals surface area contributed by atoms with Gasteiger partial charge in [-0.25, -0.2) is 0 Å². The van der Waals surface area contributed by atoms with Gasteiger partial charge in [-0.1, -0.05) is 11.2 Å². The fourth-order valence-electron chi connectivity index (χ4n) is 2.32. The standard InChI is InChI=1S/C14H16N2O3/c1-9-11(3-2-4-12(9)17)14-15-13(16-19-14)10-5-7-18-8-6-10/h2-4,10,17H,5-8H2,1H3. The molecule has 2 aromatic rings. The number of phenols is 1. The molecule has 1 aliphatic rings. The van der Waals surface area contributed by atoms with Crippen LogP contribution in [0.25, 0.3) is 11.5 Å². The number of aromatic nitrogens is 2. The van der Waals surface area contributed by atoms with Crippen LogP contribution in [0.2, 0.25) is 0 Å². The second kappa shape index (κ2) is 5.01. The summed E-state index contributed by atoms with van der Waals surface area (Å²) in [6.07, 6.45) is 1.86. The molecule has 0 unspecified atom stereocenters. The molecule has 0 amide bonds. The van der Waals surface area contributed by atoms with Crippen molar-refractivity contribution in [2.45, 2.75) is 25.7 Å². The number of phenolic OH excluding ortho intramolecular Hbond substituents is 1. The maximum Gasteiger partial charge on any atom is 0.258 e. The lowest BCUT2D eigenvalue weighted by molar-refractivity contribution is 0.0830. The summed E-state index contributed by atoms with van der Waals surface area (Å²) in [6.45, 7) is 3.34. The van der Waals surface area contributed by atoms with Crippen molar-refractivity contribution in [2.75, 3.05) is 13.2 Å². The van der Waals surface area contributed by atoms with Crippen molar-refractivity contribution in [1.82, 2.24) is 10.1 Å². The highest BCUT2D eigenvalue weighted by Gasteiger charge is 2.22. The largest absolute Gasteiger partial charge is 0.508 e. The Balaban J connectivity index is 1.90. The van der Waals surface area contributed by atoms with Crippen LogP contribution in [-0.2, 0) is 4.74 Å². The third-order valence-electron chi connectivity index (χ3n) is 3.56. The Bertz CT molecular complexity index is 574. The number of hydrogen-bond acceptors (Lipinski definition) is 5. The lowest BCUT2D eigenvalue weighted by Crippen LogP contribution is -2.15. The minimum absolute atomic E-state index is 0.239. The van der Waals surface area contributed by atoms with Crippen LogP contribution in [0.5, 0.6) is 5.75 Å². The fraction of sp³-hybridized carbons (Fsp3) is 0.429. The highest BCUT2D eigenvalue weighted by molar-refractivity contribution is 5.61. The topological polar surface area (TPSA) is 68.4 Å². The molecule has 19 heavy (non-hydrogen) atoms. The minimum Gasteiger partial charge on any atom is -0.508 e. The summed E-state index contributed by atoms with van der Waals surface area (Å²) in [5, 5.41) is 13.8. The monoisotopic (exact) mass is 260 g/mol. The number of aromatic hydroxyl groups is 1. The van der Waals surface area contributed by atoms with Gasteiger partial charge in [-0.15, -0.1) is 0 Å². The smallest absolute Gasteiger partial charge is 0.258 e. The Hall–Kier alpha value is -1.88. The molecule has 1 aromatic heterocycles. The Morgan fingerprint density at radius 1 is 1.26 bits per heavy atom. The zero-order valence-corrected chi connectivity index (χ0v) is 10.8. The number of ether oxygens (including phenoxy) is 1. The number of benzene rings is 1. The average molecular weight is 260 g/mol. The van der Waals surface area contributed by atoms with Gasteiger partial charge in [-0.2, -0.15) is 4.98 Å². The number of rotatable bonds is 2. The van der Waals surface area contributed by atoms with Crippen molar-refractivity contribution < 1.29 is 14.4 Å². The third kappa shape index (κ3) is 2.33. The molecule has 0 spiro atoms. The van der Waals surface area contributed by atoms with Gasteiger partial charge in [0, 0.05) is 30.3 Å². The molecule has 2 heterocycles. The highest BCUT2D eigenvalue weighted by Crippen LogP contribution is 2.30. The maximum absolute atomic E-state index is 9.71. The zero-order chi connectivity index (χ0) is 13.2. The predicted molar refractivity (Wildman–Crippen MR) is 68.9 cm³/mol. The Morgan fingerprint density at radius 3 is 2.84 bits per heavy atom. The average Bonchev–Trinajstić information content (AvgIpc) is 2.92. The summed E-state index contributed by atoms with van der Waals surface area (Å²) in [4.78, 5) is 4.46. The normalized spacial score (nSPS) is 16.7. The van der Waals surface area contributed by atoms with Gasteiger partial charge >= 0.3 is 0 Å². The fourth-order valence-corrected chi connectivity index (χ4v) is 2.32. The Labute approximate surface area is 111 Å². The van der Waals surface area contributed by atoms with Crippen LogP contribution in [0.4, 0.5) is 0 Å². The molecule has 5 heteroatoms. The molecule has 3 rings (SSSR count). The SMILES string of the molecule is Cc1c(O)cccc1-c1nc(C2CCOCC2)no1. The minimum atomic E-state index is 0.239.